The maximum Gasteiger partial charge on any atom is 0.248 e. The zero-order chi connectivity index (χ0) is 22.0. The van der Waals surface area contributed by atoms with Crippen LogP contribution in [0.5, 0.6) is 5.75 Å². The maximum atomic E-state index is 13.2. The number of carbonyl (C=O) groups is 2. The second kappa shape index (κ2) is 8.66. The zero-order valence-electron chi connectivity index (χ0n) is 18.3. The second-order valence-electron chi connectivity index (χ2n) is 8.42. The molecule has 9 heteroatoms. The number of piperidine rings is 1. The van der Waals surface area contributed by atoms with Crippen LogP contribution in [-0.2, 0) is 26.2 Å². The molecule has 9 nitrogen and oxygen atoms in total. The highest BCUT2D eigenvalue weighted by Crippen LogP contribution is 2.44. The van der Waals surface area contributed by atoms with E-state index in [2.05, 4.69) is 15.2 Å². The van der Waals surface area contributed by atoms with Crippen LogP contribution in [0.2, 0.25) is 0 Å². The van der Waals surface area contributed by atoms with Crippen LogP contribution in [0.1, 0.15) is 23.6 Å². The van der Waals surface area contributed by atoms with E-state index in [9.17, 15) is 9.59 Å². The molecule has 0 unspecified atom stereocenters. The van der Waals surface area contributed by atoms with E-state index in [0.29, 0.717) is 39.0 Å². The maximum absolute atomic E-state index is 13.2. The number of amides is 2. The van der Waals surface area contributed by atoms with Crippen LogP contribution in [0.4, 0.5) is 0 Å². The summed E-state index contributed by atoms with van der Waals surface area (Å²) in [5.74, 6) is 2.34. The van der Waals surface area contributed by atoms with Crippen molar-refractivity contribution in [2.24, 2.45) is 5.92 Å². The predicted molar refractivity (Wildman–Crippen MR) is 113 cm³/mol. The molecule has 0 saturated carbocycles. The van der Waals surface area contributed by atoms with Gasteiger partial charge in [-0.2, -0.15) is 5.10 Å². The van der Waals surface area contributed by atoms with E-state index < -0.39 is 0 Å². The average molecular weight is 428 g/mol. The third-order valence-electron chi connectivity index (χ3n) is 6.47. The number of rotatable bonds is 6. The van der Waals surface area contributed by atoms with Gasteiger partial charge in [0, 0.05) is 39.2 Å². The molecule has 2 amide bonds. The highest BCUT2D eigenvalue weighted by molar-refractivity contribution is 5.80. The number of benzene rings is 1. The number of aromatic amines is 1. The molecule has 2 fully saturated rings. The van der Waals surface area contributed by atoms with Crippen LogP contribution in [0.3, 0.4) is 0 Å². The van der Waals surface area contributed by atoms with Crippen molar-refractivity contribution in [2.75, 3.05) is 47.0 Å². The number of fused-ring (bicyclic) bond motifs is 1. The topological polar surface area (TPSA) is 101 Å². The van der Waals surface area contributed by atoms with Gasteiger partial charge in [0.2, 0.25) is 11.8 Å². The second-order valence-corrected chi connectivity index (χ2v) is 8.42. The van der Waals surface area contributed by atoms with Crippen molar-refractivity contribution in [3.63, 3.8) is 0 Å². The summed E-state index contributed by atoms with van der Waals surface area (Å²) in [6, 6.07) is 7.58. The quantitative estimate of drug-likeness (QED) is 0.736. The molecule has 2 aliphatic heterocycles. The highest BCUT2D eigenvalue weighted by atomic mass is 16.5. The first-order valence-corrected chi connectivity index (χ1v) is 10.5. The molecule has 0 radical (unpaired) electrons. The Morgan fingerprint density at radius 2 is 2.03 bits per heavy atom. The highest BCUT2D eigenvalue weighted by Gasteiger charge is 2.54. The predicted octanol–water partition coefficient (Wildman–Crippen LogP) is 0.939. The summed E-state index contributed by atoms with van der Waals surface area (Å²) in [7, 11) is 3.14. The van der Waals surface area contributed by atoms with Gasteiger partial charge in [-0.3, -0.25) is 14.7 Å². The van der Waals surface area contributed by atoms with Gasteiger partial charge in [-0.1, -0.05) is 12.1 Å². The van der Waals surface area contributed by atoms with Crippen LogP contribution in [0, 0.1) is 12.8 Å². The van der Waals surface area contributed by atoms with Crippen LogP contribution in [0.15, 0.2) is 24.3 Å². The lowest BCUT2D eigenvalue weighted by Crippen LogP contribution is -2.52. The standard InChI is InChI=1S/C22H29N5O4/c1-15-23-21(25-24-15)22-7-8-26(20(29)13-30-2)11-17(22)12-27(14-22)19(28)10-16-5-4-6-18(9-16)31-3/h4-6,9,17H,7-8,10-14H2,1-3H3,(H,23,24,25)/t17-,22-/m1/s1. The Labute approximate surface area is 181 Å². The number of H-pyrrole nitrogens is 1. The van der Waals surface area contributed by atoms with E-state index >= 15 is 0 Å². The van der Waals surface area contributed by atoms with Gasteiger partial charge < -0.3 is 19.3 Å². The first-order chi connectivity index (χ1) is 14.9. The number of nitrogens with zero attached hydrogens (tertiary/aromatic N) is 4. The van der Waals surface area contributed by atoms with E-state index in [1.807, 2.05) is 41.0 Å². The fourth-order valence-corrected chi connectivity index (χ4v) is 4.81. The molecule has 4 rings (SSSR count). The van der Waals surface area contributed by atoms with E-state index in [0.717, 1.165) is 23.0 Å². The van der Waals surface area contributed by atoms with Gasteiger partial charge in [0.1, 0.15) is 18.2 Å². The first kappa shape index (κ1) is 21.3. The molecule has 1 aromatic heterocycles. The fourth-order valence-electron chi connectivity index (χ4n) is 4.81. The molecule has 31 heavy (non-hydrogen) atoms. The molecule has 2 atom stereocenters. The minimum atomic E-state index is -0.349. The molecule has 2 aromatic rings. The van der Waals surface area contributed by atoms with Crippen LogP contribution < -0.4 is 4.74 Å². The number of aromatic nitrogens is 3. The number of methoxy groups -OCH3 is 2. The lowest BCUT2D eigenvalue weighted by Gasteiger charge is -2.41. The monoisotopic (exact) mass is 427 g/mol. The van der Waals surface area contributed by atoms with Gasteiger partial charge in [-0.05, 0) is 31.0 Å². The molecular weight excluding hydrogens is 398 g/mol. The van der Waals surface area contributed by atoms with E-state index in [4.69, 9.17) is 9.47 Å². The Morgan fingerprint density at radius 1 is 1.23 bits per heavy atom. The van der Waals surface area contributed by atoms with Crippen LogP contribution in [0.25, 0.3) is 0 Å². The molecule has 1 aromatic carbocycles. The van der Waals surface area contributed by atoms with Crippen molar-refractivity contribution in [3.8, 4) is 5.75 Å². The van der Waals surface area contributed by atoms with Crippen molar-refractivity contribution >= 4 is 11.8 Å². The number of hydrogen-bond acceptors (Lipinski definition) is 6. The molecular formula is C22H29N5O4. The van der Waals surface area contributed by atoms with E-state index in [1.54, 1.807) is 7.11 Å². The lowest BCUT2D eigenvalue weighted by atomic mass is 9.72. The number of carbonyl (C=O) groups excluding carboxylic acids is 2. The Hall–Kier alpha value is -2.94. The molecule has 1 N–H and O–H groups in total. The van der Waals surface area contributed by atoms with E-state index in [-0.39, 0.29) is 29.8 Å². The number of ether oxygens (including phenoxy) is 2. The van der Waals surface area contributed by atoms with Crippen molar-refractivity contribution < 1.29 is 19.1 Å². The number of nitrogens with one attached hydrogen (secondary N) is 1. The van der Waals surface area contributed by atoms with Gasteiger partial charge in [0.05, 0.1) is 18.9 Å². The Bertz CT molecular complexity index is 961. The molecule has 0 spiro atoms. The molecule has 2 saturated heterocycles. The van der Waals surface area contributed by atoms with Crippen LogP contribution >= 0.6 is 0 Å². The summed E-state index contributed by atoms with van der Waals surface area (Å²) in [6.07, 6.45) is 1.02. The lowest BCUT2D eigenvalue weighted by molar-refractivity contribution is -0.137. The minimum absolute atomic E-state index is 0.0246. The van der Waals surface area contributed by atoms with Crippen molar-refractivity contribution in [3.05, 3.63) is 41.5 Å². The van der Waals surface area contributed by atoms with Crippen molar-refractivity contribution in [1.29, 1.82) is 0 Å². The molecule has 3 heterocycles. The summed E-state index contributed by atoms with van der Waals surface area (Å²) < 4.78 is 10.3. The summed E-state index contributed by atoms with van der Waals surface area (Å²) >= 11 is 0. The normalized spacial score (nSPS) is 23.0. The van der Waals surface area contributed by atoms with Gasteiger partial charge >= 0.3 is 0 Å². The third kappa shape index (κ3) is 4.14. The van der Waals surface area contributed by atoms with Gasteiger partial charge in [-0.25, -0.2) is 4.98 Å². The van der Waals surface area contributed by atoms with Crippen LogP contribution in [-0.4, -0.2) is 83.8 Å². The molecule has 0 bridgehead atoms. The van der Waals surface area contributed by atoms with E-state index in [1.165, 1.54) is 7.11 Å². The molecule has 2 aliphatic rings. The number of likely N-dealkylation sites (tertiary alicyclic amines) is 2. The third-order valence-corrected chi connectivity index (χ3v) is 6.47. The Kier molecular flexibility index (Phi) is 5.95. The van der Waals surface area contributed by atoms with Gasteiger partial charge in [0.25, 0.3) is 0 Å². The number of hydrogen-bond donors (Lipinski definition) is 1. The SMILES string of the molecule is COCC(=O)N1CC[C@@]2(c3n[nH]c(C)n3)CN(C(=O)Cc3cccc(OC)c3)C[C@H]2C1. The Morgan fingerprint density at radius 3 is 2.74 bits per heavy atom. The van der Waals surface area contributed by atoms with Crippen molar-refractivity contribution in [2.45, 2.75) is 25.2 Å². The average Bonchev–Trinajstić information content (AvgIpc) is 3.38. The number of aryl methyl sites for hydroxylation is 1. The smallest absolute Gasteiger partial charge is 0.248 e. The summed E-state index contributed by atoms with van der Waals surface area (Å²) in [4.78, 5) is 34.0. The first-order valence-electron chi connectivity index (χ1n) is 10.5. The summed E-state index contributed by atoms with van der Waals surface area (Å²) in [5, 5.41) is 7.41. The largest absolute Gasteiger partial charge is 0.497 e. The molecule has 0 aliphatic carbocycles. The fraction of sp³-hybridized carbons (Fsp3) is 0.545. The summed E-state index contributed by atoms with van der Waals surface area (Å²) in [6.45, 7) is 4.25. The van der Waals surface area contributed by atoms with Gasteiger partial charge in [0.15, 0.2) is 5.82 Å². The summed E-state index contributed by atoms with van der Waals surface area (Å²) in [5.41, 5.74) is 0.567. The zero-order valence-corrected chi connectivity index (χ0v) is 18.3. The minimum Gasteiger partial charge on any atom is -0.497 e. The van der Waals surface area contributed by atoms with Gasteiger partial charge in [-0.15, -0.1) is 0 Å². The molecule has 166 valence electrons. The van der Waals surface area contributed by atoms with Crippen molar-refractivity contribution in [1.82, 2.24) is 25.0 Å². The Balaban J connectivity index is 1.55.